The summed E-state index contributed by atoms with van der Waals surface area (Å²) in [6, 6.07) is 12.3. The highest BCUT2D eigenvalue weighted by Crippen LogP contribution is 2.32. The number of nitrogens with two attached hydrogens (primary N) is 1. The summed E-state index contributed by atoms with van der Waals surface area (Å²) >= 11 is 0. The zero-order chi connectivity index (χ0) is 16.9. The Morgan fingerprint density at radius 1 is 1.00 bits per heavy atom. The van der Waals surface area contributed by atoms with Gasteiger partial charge in [0.25, 0.3) is 0 Å². The van der Waals surface area contributed by atoms with E-state index in [4.69, 9.17) is 15.2 Å². The van der Waals surface area contributed by atoms with Gasteiger partial charge < -0.3 is 15.2 Å². The van der Waals surface area contributed by atoms with E-state index < -0.39 is 0 Å². The SMILES string of the molecule is COc1ccc(CCCN2CCc3c(OC)ccc(N)c3C2)cc1. The third kappa shape index (κ3) is 3.65. The Morgan fingerprint density at radius 2 is 1.79 bits per heavy atom. The Kier molecular flexibility index (Phi) is 5.26. The first-order chi connectivity index (χ1) is 11.7. The fourth-order valence-corrected chi connectivity index (χ4v) is 3.40. The fraction of sp³-hybridized carbons (Fsp3) is 0.400. The van der Waals surface area contributed by atoms with Gasteiger partial charge in [0.15, 0.2) is 0 Å². The average Bonchev–Trinajstić information content (AvgIpc) is 2.63. The molecule has 1 aliphatic rings. The number of ether oxygens (including phenoxy) is 2. The van der Waals surface area contributed by atoms with Crippen molar-refractivity contribution >= 4 is 5.69 Å². The van der Waals surface area contributed by atoms with Crippen molar-refractivity contribution in [2.45, 2.75) is 25.8 Å². The number of aryl methyl sites for hydroxylation is 1. The lowest BCUT2D eigenvalue weighted by Crippen LogP contribution is -2.32. The number of anilines is 1. The molecule has 0 radical (unpaired) electrons. The number of hydrogen-bond donors (Lipinski definition) is 1. The van der Waals surface area contributed by atoms with Gasteiger partial charge in [-0.25, -0.2) is 0 Å². The number of rotatable bonds is 6. The van der Waals surface area contributed by atoms with Crippen LogP contribution in [-0.4, -0.2) is 32.2 Å². The molecule has 0 spiro atoms. The Labute approximate surface area is 144 Å². The van der Waals surface area contributed by atoms with Crippen LogP contribution in [-0.2, 0) is 19.4 Å². The maximum atomic E-state index is 6.18. The first-order valence-electron chi connectivity index (χ1n) is 8.50. The second kappa shape index (κ2) is 7.58. The van der Waals surface area contributed by atoms with Crippen LogP contribution < -0.4 is 15.2 Å². The highest BCUT2D eigenvalue weighted by atomic mass is 16.5. The number of nitrogen functional groups attached to an aromatic ring is 1. The lowest BCUT2D eigenvalue weighted by Gasteiger charge is -2.30. The standard InChI is InChI=1S/C20H26N2O2/c1-23-16-7-5-15(6-8-16)4-3-12-22-13-11-17-18(14-22)19(21)9-10-20(17)24-2/h5-10H,3-4,11-14,21H2,1-2H3. The number of hydrogen-bond acceptors (Lipinski definition) is 4. The topological polar surface area (TPSA) is 47.7 Å². The van der Waals surface area contributed by atoms with Crippen molar-refractivity contribution in [3.8, 4) is 11.5 Å². The van der Waals surface area contributed by atoms with Crippen molar-refractivity contribution in [1.29, 1.82) is 0 Å². The smallest absolute Gasteiger partial charge is 0.122 e. The summed E-state index contributed by atoms with van der Waals surface area (Å²) in [5.41, 5.74) is 10.9. The molecular weight excluding hydrogens is 300 g/mol. The van der Waals surface area contributed by atoms with Crippen LogP contribution in [0.25, 0.3) is 0 Å². The lowest BCUT2D eigenvalue weighted by molar-refractivity contribution is 0.249. The molecule has 128 valence electrons. The Morgan fingerprint density at radius 3 is 2.50 bits per heavy atom. The summed E-state index contributed by atoms with van der Waals surface area (Å²) in [6.45, 7) is 3.07. The molecule has 0 unspecified atom stereocenters. The van der Waals surface area contributed by atoms with E-state index in [9.17, 15) is 0 Å². The third-order valence-electron chi connectivity index (χ3n) is 4.80. The molecule has 0 saturated heterocycles. The minimum absolute atomic E-state index is 0.880. The van der Waals surface area contributed by atoms with Gasteiger partial charge in [-0.05, 0) is 61.2 Å². The summed E-state index contributed by atoms with van der Waals surface area (Å²) in [5, 5.41) is 0. The molecule has 0 amide bonds. The van der Waals surface area contributed by atoms with Crippen LogP contribution in [0.15, 0.2) is 36.4 Å². The maximum Gasteiger partial charge on any atom is 0.122 e. The van der Waals surface area contributed by atoms with Crippen molar-refractivity contribution < 1.29 is 9.47 Å². The van der Waals surface area contributed by atoms with Crippen LogP contribution in [0.3, 0.4) is 0 Å². The number of methoxy groups -OCH3 is 2. The van der Waals surface area contributed by atoms with Crippen molar-refractivity contribution in [2.75, 3.05) is 33.0 Å². The van der Waals surface area contributed by atoms with Crippen LogP contribution in [0, 0.1) is 0 Å². The normalized spacial score (nSPS) is 14.2. The monoisotopic (exact) mass is 326 g/mol. The van der Waals surface area contributed by atoms with Gasteiger partial charge in [0, 0.05) is 24.3 Å². The van der Waals surface area contributed by atoms with Crippen LogP contribution in [0.4, 0.5) is 5.69 Å². The molecule has 0 aromatic heterocycles. The molecule has 0 aliphatic carbocycles. The fourth-order valence-electron chi connectivity index (χ4n) is 3.40. The second-order valence-corrected chi connectivity index (χ2v) is 6.29. The summed E-state index contributed by atoms with van der Waals surface area (Å²) in [7, 11) is 3.43. The first kappa shape index (κ1) is 16.7. The van der Waals surface area contributed by atoms with Gasteiger partial charge in [-0.1, -0.05) is 12.1 Å². The zero-order valence-corrected chi connectivity index (χ0v) is 14.5. The maximum absolute atomic E-state index is 6.18. The summed E-state index contributed by atoms with van der Waals surface area (Å²) in [4.78, 5) is 2.49. The summed E-state index contributed by atoms with van der Waals surface area (Å²) in [6.07, 6.45) is 3.23. The Bertz CT molecular complexity index is 683. The van der Waals surface area contributed by atoms with Crippen LogP contribution >= 0.6 is 0 Å². The van der Waals surface area contributed by atoms with Crippen LogP contribution in [0.1, 0.15) is 23.1 Å². The molecule has 1 aliphatic heterocycles. The summed E-state index contributed by atoms with van der Waals surface area (Å²) in [5.74, 6) is 1.88. The van der Waals surface area contributed by atoms with Gasteiger partial charge in [-0.2, -0.15) is 0 Å². The molecule has 2 aromatic carbocycles. The van der Waals surface area contributed by atoms with E-state index in [0.29, 0.717) is 0 Å². The van der Waals surface area contributed by atoms with Crippen molar-refractivity contribution in [1.82, 2.24) is 4.90 Å². The van der Waals surface area contributed by atoms with Gasteiger partial charge in [-0.3, -0.25) is 4.90 Å². The Hall–Kier alpha value is -2.20. The van der Waals surface area contributed by atoms with E-state index >= 15 is 0 Å². The molecule has 0 saturated carbocycles. The second-order valence-electron chi connectivity index (χ2n) is 6.29. The quantitative estimate of drug-likeness (QED) is 0.828. The van der Waals surface area contributed by atoms with E-state index in [1.807, 2.05) is 24.3 Å². The molecule has 0 bridgehead atoms. The lowest BCUT2D eigenvalue weighted by atomic mass is 9.96. The molecular formula is C20H26N2O2. The number of benzene rings is 2. The molecule has 0 atom stereocenters. The van der Waals surface area contributed by atoms with Gasteiger partial charge >= 0.3 is 0 Å². The third-order valence-corrected chi connectivity index (χ3v) is 4.80. The molecule has 2 aromatic rings. The zero-order valence-electron chi connectivity index (χ0n) is 14.5. The predicted octanol–water partition coefficient (Wildman–Crippen LogP) is 3.28. The van der Waals surface area contributed by atoms with E-state index in [-0.39, 0.29) is 0 Å². The van der Waals surface area contributed by atoms with Crippen LogP contribution in [0.5, 0.6) is 11.5 Å². The van der Waals surface area contributed by atoms with Gasteiger partial charge in [0.1, 0.15) is 11.5 Å². The van der Waals surface area contributed by atoms with Crippen molar-refractivity contribution in [3.05, 3.63) is 53.1 Å². The highest BCUT2D eigenvalue weighted by molar-refractivity contribution is 5.57. The molecule has 3 rings (SSSR count). The van der Waals surface area contributed by atoms with Gasteiger partial charge in [0.2, 0.25) is 0 Å². The largest absolute Gasteiger partial charge is 0.497 e. The predicted molar refractivity (Wildman–Crippen MR) is 97.7 cm³/mol. The van der Waals surface area contributed by atoms with E-state index in [2.05, 4.69) is 17.0 Å². The minimum atomic E-state index is 0.880. The summed E-state index contributed by atoms with van der Waals surface area (Å²) < 4.78 is 10.7. The number of nitrogens with zero attached hydrogens (tertiary/aromatic N) is 1. The minimum Gasteiger partial charge on any atom is -0.497 e. The highest BCUT2D eigenvalue weighted by Gasteiger charge is 2.21. The van der Waals surface area contributed by atoms with E-state index in [0.717, 1.165) is 56.1 Å². The average molecular weight is 326 g/mol. The molecule has 4 heteroatoms. The molecule has 0 fully saturated rings. The molecule has 4 nitrogen and oxygen atoms in total. The Balaban J connectivity index is 1.56. The van der Waals surface area contributed by atoms with E-state index in [1.165, 1.54) is 16.7 Å². The molecule has 24 heavy (non-hydrogen) atoms. The first-order valence-corrected chi connectivity index (χ1v) is 8.50. The van der Waals surface area contributed by atoms with Gasteiger partial charge in [0.05, 0.1) is 14.2 Å². The van der Waals surface area contributed by atoms with Crippen LogP contribution in [0.2, 0.25) is 0 Å². The molecule has 1 heterocycles. The van der Waals surface area contributed by atoms with Crippen molar-refractivity contribution in [3.63, 3.8) is 0 Å². The number of fused-ring (bicyclic) bond motifs is 1. The molecule has 2 N–H and O–H groups in total. The van der Waals surface area contributed by atoms with Crippen molar-refractivity contribution in [2.24, 2.45) is 0 Å². The van der Waals surface area contributed by atoms with Gasteiger partial charge in [-0.15, -0.1) is 0 Å². The van der Waals surface area contributed by atoms with E-state index in [1.54, 1.807) is 14.2 Å².